The third-order valence-electron chi connectivity index (χ3n) is 4.36. The molecule has 0 aliphatic heterocycles. The average molecular weight is 293 g/mol. The van der Waals surface area contributed by atoms with Crippen molar-refractivity contribution < 1.29 is 15.3 Å². The van der Waals surface area contributed by atoms with Crippen LogP contribution in [0, 0.1) is 11.8 Å². The van der Waals surface area contributed by atoms with Crippen LogP contribution in [0.5, 0.6) is 0 Å². The Morgan fingerprint density at radius 3 is 2.62 bits per heavy atom. The van der Waals surface area contributed by atoms with Gasteiger partial charge in [0.15, 0.2) is 5.65 Å². The molecule has 114 valence electrons. The number of imidazole rings is 1. The molecule has 2 heterocycles. The molecule has 0 spiro atoms. The van der Waals surface area contributed by atoms with Gasteiger partial charge < -0.3 is 25.6 Å². The van der Waals surface area contributed by atoms with Crippen molar-refractivity contribution in [3.8, 4) is 0 Å². The number of hydrogen-bond donors (Lipinski definition) is 4. The Hall–Kier alpha value is -1.77. The van der Waals surface area contributed by atoms with Crippen molar-refractivity contribution >= 4 is 17.1 Å². The van der Waals surface area contributed by atoms with Crippen LogP contribution in [0.25, 0.3) is 11.2 Å². The number of aliphatic hydroxyl groups excluding tert-OH is 3. The van der Waals surface area contributed by atoms with Crippen LogP contribution in [0.4, 0.5) is 5.95 Å². The number of aromatic nitrogens is 4. The lowest BCUT2D eigenvalue weighted by Gasteiger charge is -2.38. The van der Waals surface area contributed by atoms with Gasteiger partial charge in [-0.2, -0.15) is 4.98 Å². The molecular formula is C13H19N5O3. The first-order chi connectivity index (χ1) is 10.1. The molecule has 3 rings (SSSR count). The smallest absolute Gasteiger partial charge is 0.222 e. The zero-order valence-electron chi connectivity index (χ0n) is 11.5. The Morgan fingerprint density at radius 1 is 1.19 bits per heavy atom. The first-order valence-electron chi connectivity index (χ1n) is 6.98. The lowest BCUT2D eigenvalue weighted by atomic mass is 9.76. The zero-order valence-corrected chi connectivity index (χ0v) is 11.5. The molecule has 8 nitrogen and oxygen atoms in total. The van der Waals surface area contributed by atoms with Gasteiger partial charge in [0, 0.05) is 13.2 Å². The molecule has 4 atom stereocenters. The van der Waals surface area contributed by atoms with Crippen LogP contribution in [0.3, 0.4) is 0 Å². The van der Waals surface area contributed by atoms with Crippen LogP contribution in [0.15, 0.2) is 12.5 Å². The van der Waals surface area contributed by atoms with E-state index in [9.17, 15) is 15.3 Å². The molecule has 2 aromatic heterocycles. The number of nitrogen functional groups attached to an aromatic ring is 1. The highest BCUT2D eigenvalue weighted by molar-refractivity contribution is 5.70. The highest BCUT2D eigenvalue weighted by atomic mass is 16.3. The van der Waals surface area contributed by atoms with E-state index < -0.39 is 6.10 Å². The largest absolute Gasteiger partial charge is 0.396 e. The van der Waals surface area contributed by atoms with Crippen molar-refractivity contribution in [2.24, 2.45) is 11.8 Å². The van der Waals surface area contributed by atoms with Crippen LogP contribution >= 0.6 is 0 Å². The van der Waals surface area contributed by atoms with Gasteiger partial charge in [-0.1, -0.05) is 0 Å². The highest BCUT2D eigenvalue weighted by Crippen LogP contribution is 2.37. The van der Waals surface area contributed by atoms with E-state index in [1.807, 2.05) is 0 Å². The molecule has 0 saturated heterocycles. The van der Waals surface area contributed by atoms with Crippen molar-refractivity contribution in [2.75, 3.05) is 18.9 Å². The molecule has 1 fully saturated rings. The van der Waals surface area contributed by atoms with Crippen molar-refractivity contribution in [1.29, 1.82) is 0 Å². The Morgan fingerprint density at radius 2 is 1.90 bits per heavy atom. The second-order valence-electron chi connectivity index (χ2n) is 5.58. The fourth-order valence-electron chi connectivity index (χ4n) is 3.15. The normalized spacial score (nSPS) is 29.9. The summed E-state index contributed by atoms with van der Waals surface area (Å²) < 4.78 is 1.79. The number of rotatable bonds is 3. The van der Waals surface area contributed by atoms with E-state index in [1.54, 1.807) is 17.1 Å². The SMILES string of the molecule is Nc1ncc2ncn(C3CC(CO)C(CO)CC3O)c2n1. The van der Waals surface area contributed by atoms with Gasteiger partial charge in [0.2, 0.25) is 5.95 Å². The number of aliphatic hydroxyl groups is 3. The van der Waals surface area contributed by atoms with Crippen LogP contribution in [0.1, 0.15) is 18.9 Å². The predicted molar refractivity (Wildman–Crippen MR) is 75.2 cm³/mol. The second-order valence-corrected chi connectivity index (χ2v) is 5.58. The fourth-order valence-corrected chi connectivity index (χ4v) is 3.15. The van der Waals surface area contributed by atoms with Crippen LogP contribution < -0.4 is 5.73 Å². The summed E-state index contributed by atoms with van der Waals surface area (Å²) in [6.07, 6.45) is 3.52. The van der Waals surface area contributed by atoms with Gasteiger partial charge >= 0.3 is 0 Å². The maximum Gasteiger partial charge on any atom is 0.222 e. The van der Waals surface area contributed by atoms with Crippen molar-refractivity contribution in [2.45, 2.75) is 25.0 Å². The van der Waals surface area contributed by atoms with E-state index in [4.69, 9.17) is 5.73 Å². The molecular weight excluding hydrogens is 274 g/mol. The summed E-state index contributed by atoms with van der Waals surface area (Å²) in [6.45, 7) is -0.0486. The van der Waals surface area contributed by atoms with E-state index in [0.717, 1.165) is 0 Å². The lowest BCUT2D eigenvalue weighted by molar-refractivity contribution is -0.0139. The van der Waals surface area contributed by atoms with E-state index in [2.05, 4.69) is 15.0 Å². The maximum absolute atomic E-state index is 10.4. The fraction of sp³-hybridized carbons (Fsp3) is 0.615. The van der Waals surface area contributed by atoms with Gasteiger partial charge in [0.25, 0.3) is 0 Å². The van der Waals surface area contributed by atoms with Crippen molar-refractivity contribution in [1.82, 2.24) is 19.5 Å². The molecule has 2 aromatic rings. The molecule has 1 saturated carbocycles. The first-order valence-corrected chi connectivity index (χ1v) is 6.98. The topological polar surface area (TPSA) is 130 Å². The van der Waals surface area contributed by atoms with E-state index in [1.165, 1.54) is 0 Å². The minimum atomic E-state index is -0.626. The van der Waals surface area contributed by atoms with Gasteiger partial charge in [-0.05, 0) is 24.7 Å². The zero-order chi connectivity index (χ0) is 15.0. The number of fused-ring (bicyclic) bond motifs is 1. The summed E-state index contributed by atoms with van der Waals surface area (Å²) in [5.41, 5.74) is 6.80. The predicted octanol–water partition coefficient (Wildman–Crippen LogP) is -0.679. The Bertz CT molecular complexity index is 631. The lowest BCUT2D eigenvalue weighted by Crippen LogP contribution is -2.39. The number of anilines is 1. The van der Waals surface area contributed by atoms with Gasteiger partial charge in [0.05, 0.1) is 24.7 Å². The van der Waals surface area contributed by atoms with Crippen LogP contribution in [0.2, 0.25) is 0 Å². The summed E-state index contributed by atoms with van der Waals surface area (Å²) in [4.78, 5) is 12.3. The van der Waals surface area contributed by atoms with Crippen LogP contribution in [-0.4, -0.2) is 54.2 Å². The van der Waals surface area contributed by atoms with E-state index >= 15 is 0 Å². The number of nitrogens with zero attached hydrogens (tertiary/aromatic N) is 4. The molecule has 5 N–H and O–H groups in total. The molecule has 0 aromatic carbocycles. The quantitative estimate of drug-likeness (QED) is 0.590. The van der Waals surface area contributed by atoms with Gasteiger partial charge in [0.1, 0.15) is 5.52 Å². The Balaban J connectivity index is 1.96. The molecule has 1 aliphatic carbocycles. The number of hydrogen-bond acceptors (Lipinski definition) is 7. The standard InChI is InChI=1S/C13H19N5O3/c14-13-15-3-9-12(17-13)18(6-16-9)10-1-7(4-19)8(5-20)2-11(10)21/h3,6-8,10-11,19-21H,1-2,4-5H2,(H2,14,15,17). The van der Waals surface area contributed by atoms with E-state index in [0.29, 0.717) is 24.0 Å². The Labute approximate surface area is 121 Å². The third kappa shape index (κ3) is 2.45. The third-order valence-corrected chi connectivity index (χ3v) is 4.36. The summed E-state index contributed by atoms with van der Waals surface area (Å²) in [5.74, 6) is 0.0113. The molecule has 0 amide bonds. The van der Waals surface area contributed by atoms with Gasteiger partial charge in [-0.15, -0.1) is 0 Å². The molecule has 1 aliphatic rings. The summed E-state index contributed by atoms with van der Waals surface area (Å²) >= 11 is 0. The second kappa shape index (κ2) is 5.55. The highest BCUT2D eigenvalue weighted by Gasteiger charge is 2.37. The first kappa shape index (κ1) is 14.2. The molecule has 0 bridgehead atoms. The van der Waals surface area contributed by atoms with Crippen molar-refractivity contribution in [3.63, 3.8) is 0 Å². The molecule has 4 unspecified atom stereocenters. The molecule has 8 heteroatoms. The molecule has 21 heavy (non-hydrogen) atoms. The van der Waals surface area contributed by atoms with Gasteiger partial charge in [-0.25, -0.2) is 9.97 Å². The van der Waals surface area contributed by atoms with Gasteiger partial charge in [-0.3, -0.25) is 0 Å². The maximum atomic E-state index is 10.4. The summed E-state index contributed by atoms with van der Waals surface area (Å²) in [7, 11) is 0. The monoisotopic (exact) mass is 293 g/mol. The minimum absolute atomic E-state index is 0.0157. The van der Waals surface area contributed by atoms with Crippen molar-refractivity contribution in [3.05, 3.63) is 12.5 Å². The minimum Gasteiger partial charge on any atom is -0.396 e. The summed E-state index contributed by atoms with van der Waals surface area (Å²) in [5, 5.41) is 29.2. The van der Waals surface area contributed by atoms with E-state index in [-0.39, 0.29) is 37.0 Å². The molecule has 0 radical (unpaired) electrons. The average Bonchev–Trinajstić information content (AvgIpc) is 2.89. The number of nitrogens with two attached hydrogens (primary N) is 1. The van der Waals surface area contributed by atoms with Crippen LogP contribution in [-0.2, 0) is 0 Å². The summed E-state index contributed by atoms with van der Waals surface area (Å²) in [6, 6.07) is -0.246. The Kier molecular flexibility index (Phi) is 3.75.